The normalized spacial score (nSPS) is 18.1. The van der Waals surface area contributed by atoms with Gasteiger partial charge in [0.05, 0.1) is 48.0 Å². The van der Waals surface area contributed by atoms with Gasteiger partial charge >= 0.3 is 22.2 Å². The van der Waals surface area contributed by atoms with E-state index in [0.717, 1.165) is 19.1 Å². The van der Waals surface area contributed by atoms with Crippen molar-refractivity contribution in [2.75, 3.05) is 7.05 Å². The molecule has 0 saturated carbocycles. The quantitative estimate of drug-likeness (QED) is 0.298. The molecule has 2 unspecified atom stereocenters. The first-order valence-corrected chi connectivity index (χ1v) is 14.8. The molecule has 10 nitrogen and oxygen atoms in total. The number of nitrogens with zero attached hydrogens (tertiary/aromatic N) is 2. The number of aliphatic hydroxyl groups is 1. The number of hydrogen-bond donors (Lipinski definition) is 3. The zero-order chi connectivity index (χ0) is 29.3. The van der Waals surface area contributed by atoms with Crippen molar-refractivity contribution in [1.29, 1.82) is 0 Å². The summed E-state index contributed by atoms with van der Waals surface area (Å²) in [5, 5.41) is 22.5. The van der Waals surface area contributed by atoms with E-state index >= 15 is 0 Å². The van der Waals surface area contributed by atoms with E-state index in [0.29, 0.717) is 48.7 Å². The summed E-state index contributed by atoms with van der Waals surface area (Å²) in [6.45, 7) is 2.47. The summed E-state index contributed by atoms with van der Waals surface area (Å²) < 4.78 is 96.0. The SMILES string of the molecule is C/C(O)=C\C=C(/C)S(=O)(=O)c1cc(C(F)(F)F)cc(S(=O)(=O)[NH+](C)C2CCCc3c2cnn3CCC(=O)O)c1. The highest BCUT2D eigenvalue weighted by Crippen LogP contribution is 2.35. The second-order valence-corrected chi connectivity index (χ2v) is 13.5. The third-order valence-corrected chi connectivity index (χ3v) is 10.4. The number of nitrogens with one attached hydrogen (secondary N) is 1. The number of sulfone groups is 1. The van der Waals surface area contributed by atoms with Crippen molar-refractivity contribution in [3.05, 3.63) is 64.0 Å². The number of alkyl halides is 3. The molecule has 1 aliphatic carbocycles. The van der Waals surface area contributed by atoms with Gasteiger partial charge in [0.2, 0.25) is 9.84 Å². The molecule has 0 fully saturated rings. The van der Waals surface area contributed by atoms with Crippen LogP contribution in [0.1, 0.15) is 56.0 Å². The van der Waals surface area contributed by atoms with Crippen LogP contribution >= 0.6 is 0 Å². The number of aliphatic hydroxyl groups excluding tert-OH is 1. The number of aliphatic carboxylic acids is 1. The minimum atomic E-state index is -5.04. The highest BCUT2D eigenvalue weighted by Gasteiger charge is 2.40. The number of aromatic nitrogens is 2. The fourth-order valence-electron chi connectivity index (χ4n) is 4.37. The second kappa shape index (κ2) is 11.1. The van der Waals surface area contributed by atoms with Crippen LogP contribution in [0.5, 0.6) is 0 Å². The summed E-state index contributed by atoms with van der Waals surface area (Å²) in [6.07, 6.45) is -0.315. The minimum absolute atomic E-state index is 0.0793. The first kappa shape index (κ1) is 30.4. The molecule has 0 amide bonds. The summed E-state index contributed by atoms with van der Waals surface area (Å²) in [6, 6.07) is 0.762. The van der Waals surface area contributed by atoms with E-state index in [-0.39, 0.29) is 23.0 Å². The molecular formula is C24H29F3N3O7S2+. The summed E-state index contributed by atoms with van der Waals surface area (Å²) in [7, 11) is -7.83. The van der Waals surface area contributed by atoms with E-state index in [2.05, 4.69) is 5.10 Å². The van der Waals surface area contributed by atoms with Crippen molar-refractivity contribution in [3.63, 3.8) is 0 Å². The number of rotatable bonds is 9. The number of allylic oxidation sites excluding steroid dienone is 4. The molecule has 3 rings (SSSR count). The Morgan fingerprint density at radius 3 is 2.36 bits per heavy atom. The highest BCUT2D eigenvalue weighted by molar-refractivity contribution is 7.95. The number of hydrogen-bond acceptors (Lipinski definition) is 7. The first-order chi connectivity index (χ1) is 18.0. The summed E-state index contributed by atoms with van der Waals surface area (Å²) >= 11 is 0. The van der Waals surface area contributed by atoms with Crippen LogP contribution < -0.4 is 4.31 Å². The van der Waals surface area contributed by atoms with Gasteiger partial charge in [-0.15, -0.1) is 0 Å². The van der Waals surface area contributed by atoms with Crippen molar-refractivity contribution in [2.45, 2.75) is 68.1 Å². The van der Waals surface area contributed by atoms with Crippen LogP contribution in [0.25, 0.3) is 0 Å². The Hall–Kier alpha value is -3.17. The lowest BCUT2D eigenvalue weighted by Gasteiger charge is -2.28. The van der Waals surface area contributed by atoms with Gasteiger partial charge in [0.25, 0.3) is 0 Å². The molecule has 0 radical (unpaired) electrons. The molecular weight excluding hydrogens is 563 g/mol. The molecule has 1 aromatic carbocycles. The number of carboxylic acids is 1. The fourth-order valence-corrected chi connectivity index (χ4v) is 7.18. The Labute approximate surface area is 224 Å². The van der Waals surface area contributed by atoms with Crippen LogP contribution in [0, 0.1) is 0 Å². The lowest BCUT2D eigenvalue weighted by Crippen LogP contribution is -3.11. The number of aryl methyl sites for hydroxylation is 1. The first-order valence-electron chi connectivity index (χ1n) is 11.8. The van der Waals surface area contributed by atoms with E-state index in [9.17, 15) is 39.9 Å². The van der Waals surface area contributed by atoms with Crippen LogP contribution in [0.2, 0.25) is 0 Å². The smallest absolute Gasteiger partial charge is 0.416 e. The molecule has 1 aliphatic rings. The summed E-state index contributed by atoms with van der Waals surface area (Å²) in [5.41, 5.74) is -0.248. The maximum atomic E-state index is 13.8. The Morgan fingerprint density at radius 1 is 1.13 bits per heavy atom. The van der Waals surface area contributed by atoms with Crippen molar-refractivity contribution in [2.24, 2.45) is 0 Å². The fraction of sp³-hybridized carbons (Fsp3) is 0.417. The number of sulfonamides is 1. The maximum absolute atomic E-state index is 13.8. The number of carboxylic acid groups (broad SMARTS) is 1. The van der Waals surface area contributed by atoms with Gasteiger partial charge in [-0.2, -0.15) is 26.7 Å². The molecule has 1 heterocycles. The van der Waals surface area contributed by atoms with E-state index < -0.39 is 58.3 Å². The average Bonchev–Trinajstić information content (AvgIpc) is 3.27. The highest BCUT2D eigenvalue weighted by atomic mass is 32.2. The van der Waals surface area contributed by atoms with E-state index in [1.807, 2.05) is 0 Å². The number of benzene rings is 1. The largest absolute Gasteiger partial charge is 0.513 e. The maximum Gasteiger partial charge on any atom is 0.416 e. The zero-order valence-electron chi connectivity index (χ0n) is 21.4. The van der Waals surface area contributed by atoms with Crippen LogP contribution in [-0.4, -0.2) is 49.8 Å². The van der Waals surface area contributed by atoms with Crippen molar-refractivity contribution >= 4 is 25.8 Å². The zero-order valence-corrected chi connectivity index (χ0v) is 23.0. The third-order valence-electron chi connectivity index (χ3n) is 6.53. The van der Waals surface area contributed by atoms with E-state index in [1.165, 1.54) is 24.9 Å². The Morgan fingerprint density at radius 2 is 1.77 bits per heavy atom. The molecule has 39 heavy (non-hydrogen) atoms. The predicted octanol–water partition coefficient (Wildman–Crippen LogP) is 2.80. The molecule has 2 aromatic rings. The molecule has 2 atom stereocenters. The topological polar surface area (TPSA) is 148 Å². The van der Waals surface area contributed by atoms with Crippen molar-refractivity contribution in [1.82, 2.24) is 9.78 Å². The minimum Gasteiger partial charge on any atom is -0.513 e. The van der Waals surface area contributed by atoms with Crippen LogP contribution in [0.15, 0.2) is 57.0 Å². The van der Waals surface area contributed by atoms with Gasteiger partial charge in [0, 0.05) is 17.0 Å². The van der Waals surface area contributed by atoms with Crippen LogP contribution in [-0.2, 0) is 43.8 Å². The predicted molar refractivity (Wildman–Crippen MR) is 133 cm³/mol. The average molecular weight is 593 g/mol. The van der Waals surface area contributed by atoms with Gasteiger partial charge in [-0.05, 0) is 57.0 Å². The third kappa shape index (κ3) is 6.53. The lowest BCUT2D eigenvalue weighted by molar-refractivity contribution is -0.782. The van der Waals surface area contributed by atoms with E-state index in [4.69, 9.17) is 5.11 Å². The van der Waals surface area contributed by atoms with Crippen LogP contribution in [0.3, 0.4) is 0 Å². The van der Waals surface area contributed by atoms with Gasteiger partial charge < -0.3 is 10.2 Å². The summed E-state index contributed by atoms with van der Waals surface area (Å²) in [4.78, 5) is 8.89. The van der Waals surface area contributed by atoms with Gasteiger partial charge in [-0.3, -0.25) is 9.48 Å². The molecule has 1 aromatic heterocycles. The van der Waals surface area contributed by atoms with Gasteiger partial charge in [0.1, 0.15) is 10.9 Å². The number of halogens is 3. The number of fused-ring (bicyclic) bond motifs is 1. The molecule has 0 spiro atoms. The Balaban J connectivity index is 2.10. The van der Waals surface area contributed by atoms with Gasteiger partial charge in [-0.25, -0.2) is 12.7 Å². The van der Waals surface area contributed by atoms with Crippen LogP contribution in [0.4, 0.5) is 13.2 Å². The lowest BCUT2D eigenvalue weighted by atomic mass is 9.93. The number of quaternary nitrogens is 1. The molecule has 0 saturated heterocycles. The Bertz CT molecular complexity index is 1540. The number of carbonyl (C=O) groups is 1. The van der Waals surface area contributed by atoms with E-state index in [1.54, 1.807) is 0 Å². The molecule has 0 aliphatic heterocycles. The molecule has 214 valence electrons. The second-order valence-electron chi connectivity index (χ2n) is 9.25. The van der Waals surface area contributed by atoms with Crippen molar-refractivity contribution in [3.8, 4) is 0 Å². The molecule has 3 N–H and O–H groups in total. The van der Waals surface area contributed by atoms with Gasteiger partial charge in [0.15, 0.2) is 0 Å². The molecule has 15 heteroatoms. The summed E-state index contributed by atoms with van der Waals surface area (Å²) in [5.74, 6) is -1.26. The Kier molecular flexibility index (Phi) is 8.67. The van der Waals surface area contributed by atoms with Crippen molar-refractivity contribution < 1.29 is 49.3 Å². The standard InChI is InChI=1S/C24H28F3N3O7S2/c1-15(31)7-8-16(2)38(34,35)18-11-17(24(25,26)27)12-19(13-18)39(36,37)29(3)21-5-4-6-22-20(21)14-28-30(22)10-9-23(32)33/h7-8,11-14,21,31H,4-6,9-10H2,1-3H3,(H,32,33)/p+1/b15-7+,16-8+. The monoisotopic (exact) mass is 592 g/mol. The molecule has 0 bridgehead atoms. The van der Waals surface area contributed by atoms with Gasteiger partial charge in [-0.1, -0.05) is 0 Å².